The maximum atomic E-state index is 6.06. The van der Waals surface area contributed by atoms with E-state index in [1.54, 1.807) is 0 Å². The zero-order valence-electron chi connectivity index (χ0n) is 12.2. The number of aliphatic imine (C=N–C) groups is 1. The van der Waals surface area contributed by atoms with Crippen molar-refractivity contribution in [2.75, 3.05) is 11.4 Å². The van der Waals surface area contributed by atoms with Gasteiger partial charge in [0, 0.05) is 10.2 Å². The molecule has 1 unspecified atom stereocenters. The molecular formula is C16H24BrN3. The molecule has 0 aromatic heterocycles. The first-order valence-electron chi connectivity index (χ1n) is 7.57. The molecule has 0 amide bonds. The summed E-state index contributed by atoms with van der Waals surface area (Å²) in [5, 5.41) is 0. The van der Waals surface area contributed by atoms with Gasteiger partial charge in [0.15, 0.2) is 5.96 Å². The highest BCUT2D eigenvalue weighted by Crippen LogP contribution is 2.26. The van der Waals surface area contributed by atoms with Crippen molar-refractivity contribution < 1.29 is 0 Å². The number of nitrogens with zero attached hydrogens (tertiary/aromatic N) is 2. The summed E-state index contributed by atoms with van der Waals surface area (Å²) in [6.45, 7) is 3.08. The largest absolute Gasteiger partial charge is 0.370 e. The maximum Gasteiger partial charge on any atom is 0.196 e. The van der Waals surface area contributed by atoms with Gasteiger partial charge in [-0.15, -0.1) is 0 Å². The number of nitrogens with two attached hydrogens (primary N) is 1. The van der Waals surface area contributed by atoms with E-state index in [9.17, 15) is 0 Å². The molecular weight excluding hydrogens is 314 g/mol. The van der Waals surface area contributed by atoms with Gasteiger partial charge in [0.05, 0.1) is 12.6 Å². The van der Waals surface area contributed by atoms with Crippen LogP contribution in [0.2, 0.25) is 0 Å². The van der Waals surface area contributed by atoms with Crippen molar-refractivity contribution in [1.29, 1.82) is 0 Å². The molecule has 0 saturated carbocycles. The molecule has 110 valence electrons. The van der Waals surface area contributed by atoms with E-state index in [0.717, 1.165) is 16.7 Å². The summed E-state index contributed by atoms with van der Waals surface area (Å²) in [5.74, 6) is 0.654. The van der Waals surface area contributed by atoms with Crippen LogP contribution in [-0.4, -0.2) is 18.5 Å². The summed E-state index contributed by atoms with van der Waals surface area (Å²) in [5.41, 5.74) is 7.20. The molecule has 0 saturated heterocycles. The van der Waals surface area contributed by atoms with Crippen LogP contribution in [0.25, 0.3) is 0 Å². The molecule has 2 N–H and O–H groups in total. The molecule has 2 rings (SSSR count). The van der Waals surface area contributed by atoms with Crippen LogP contribution >= 0.6 is 15.9 Å². The van der Waals surface area contributed by atoms with Gasteiger partial charge < -0.3 is 10.6 Å². The highest BCUT2D eigenvalue weighted by atomic mass is 79.9. The minimum absolute atomic E-state index is 0.422. The van der Waals surface area contributed by atoms with Gasteiger partial charge in [0.25, 0.3) is 0 Å². The Bertz CT molecular complexity index is 459. The molecule has 1 heterocycles. The molecule has 0 aliphatic carbocycles. The molecule has 20 heavy (non-hydrogen) atoms. The van der Waals surface area contributed by atoms with Gasteiger partial charge in [-0.3, -0.25) is 4.99 Å². The molecule has 4 heteroatoms. The van der Waals surface area contributed by atoms with E-state index >= 15 is 0 Å². The lowest BCUT2D eigenvalue weighted by Crippen LogP contribution is -2.40. The second-order valence-corrected chi connectivity index (χ2v) is 6.32. The number of benzene rings is 1. The van der Waals surface area contributed by atoms with Crippen LogP contribution in [0.15, 0.2) is 33.7 Å². The van der Waals surface area contributed by atoms with Crippen LogP contribution < -0.4 is 10.6 Å². The molecule has 1 aliphatic rings. The topological polar surface area (TPSA) is 41.6 Å². The lowest BCUT2D eigenvalue weighted by Gasteiger charge is -2.26. The van der Waals surface area contributed by atoms with Gasteiger partial charge in [0.2, 0.25) is 0 Å². The zero-order chi connectivity index (χ0) is 14.4. The van der Waals surface area contributed by atoms with Gasteiger partial charge >= 0.3 is 0 Å². The summed E-state index contributed by atoms with van der Waals surface area (Å²) >= 11 is 3.52. The number of unbranched alkanes of at least 4 members (excludes halogenated alkanes) is 4. The fraction of sp³-hybridized carbons (Fsp3) is 0.562. The highest BCUT2D eigenvalue weighted by molar-refractivity contribution is 9.10. The smallest absolute Gasteiger partial charge is 0.196 e. The first-order valence-corrected chi connectivity index (χ1v) is 8.36. The predicted molar refractivity (Wildman–Crippen MR) is 90.3 cm³/mol. The molecule has 0 spiro atoms. The van der Waals surface area contributed by atoms with E-state index in [1.165, 1.54) is 38.5 Å². The fourth-order valence-corrected chi connectivity index (χ4v) is 3.10. The van der Waals surface area contributed by atoms with E-state index in [2.05, 4.69) is 44.9 Å². The Labute approximate surface area is 130 Å². The number of hydrogen-bond acceptors (Lipinski definition) is 3. The van der Waals surface area contributed by atoms with Crippen LogP contribution in [0, 0.1) is 0 Å². The summed E-state index contributed by atoms with van der Waals surface area (Å²) in [6.07, 6.45) is 7.73. The second kappa shape index (κ2) is 7.67. The Morgan fingerprint density at radius 1 is 1.30 bits per heavy atom. The van der Waals surface area contributed by atoms with E-state index in [1.807, 2.05) is 12.1 Å². The van der Waals surface area contributed by atoms with Gasteiger partial charge in [0.1, 0.15) is 0 Å². The summed E-state index contributed by atoms with van der Waals surface area (Å²) < 4.78 is 1.08. The quantitative estimate of drug-likeness (QED) is 0.753. The van der Waals surface area contributed by atoms with Crippen molar-refractivity contribution in [3.63, 3.8) is 0 Å². The minimum Gasteiger partial charge on any atom is -0.370 e. The molecule has 1 aromatic rings. The first kappa shape index (κ1) is 15.4. The third kappa shape index (κ3) is 3.98. The third-order valence-corrected chi connectivity index (χ3v) is 4.30. The maximum absolute atomic E-state index is 6.06. The Kier molecular flexibility index (Phi) is 5.89. The van der Waals surface area contributed by atoms with Crippen LogP contribution in [0.5, 0.6) is 0 Å². The van der Waals surface area contributed by atoms with Crippen molar-refractivity contribution in [3.05, 3.63) is 28.7 Å². The van der Waals surface area contributed by atoms with Gasteiger partial charge in [-0.2, -0.15) is 0 Å². The highest BCUT2D eigenvalue weighted by Gasteiger charge is 2.26. The van der Waals surface area contributed by atoms with E-state index < -0.39 is 0 Å². The Balaban J connectivity index is 1.93. The summed E-state index contributed by atoms with van der Waals surface area (Å²) in [7, 11) is 0. The van der Waals surface area contributed by atoms with Crippen LogP contribution in [0.3, 0.4) is 0 Å². The number of halogens is 1. The molecule has 1 aromatic carbocycles. The second-order valence-electron chi connectivity index (χ2n) is 5.41. The van der Waals surface area contributed by atoms with E-state index in [-0.39, 0.29) is 0 Å². The third-order valence-electron chi connectivity index (χ3n) is 3.80. The minimum atomic E-state index is 0.422. The number of rotatable bonds is 7. The lowest BCUT2D eigenvalue weighted by molar-refractivity contribution is 0.555. The lowest BCUT2D eigenvalue weighted by atomic mass is 10.1. The average Bonchev–Trinajstić information content (AvgIpc) is 2.80. The van der Waals surface area contributed by atoms with Crippen LogP contribution in [0.1, 0.15) is 45.4 Å². The fourth-order valence-electron chi connectivity index (χ4n) is 2.72. The first-order chi connectivity index (χ1) is 9.72. The molecule has 0 radical (unpaired) electrons. The van der Waals surface area contributed by atoms with E-state index in [0.29, 0.717) is 12.0 Å². The van der Waals surface area contributed by atoms with Crippen LogP contribution in [0.4, 0.5) is 5.69 Å². The van der Waals surface area contributed by atoms with Crippen molar-refractivity contribution >= 4 is 27.6 Å². The molecule has 0 fully saturated rings. The van der Waals surface area contributed by atoms with Crippen molar-refractivity contribution in [1.82, 2.24) is 0 Å². The monoisotopic (exact) mass is 337 g/mol. The predicted octanol–water partition coefficient (Wildman–Crippen LogP) is 4.31. The van der Waals surface area contributed by atoms with E-state index in [4.69, 9.17) is 5.73 Å². The zero-order valence-corrected chi connectivity index (χ0v) is 13.8. The summed E-state index contributed by atoms with van der Waals surface area (Å²) in [6, 6.07) is 8.71. The van der Waals surface area contributed by atoms with Crippen LogP contribution in [-0.2, 0) is 0 Å². The van der Waals surface area contributed by atoms with Gasteiger partial charge in [-0.05, 0) is 24.6 Å². The Morgan fingerprint density at radius 3 is 2.85 bits per heavy atom. The van der Waals surface area contributed by atoms with Crippen molar-refractivity contribution in [2.24, 2.45) is 10.7 Å². The van der Waals surface area contributed by atoms with Crippen molar-refractivity contribution in [3.8, 4) is 0 Å². The molecule has 3 nitrogen and oxygen atoms in total. The standard InChI is InChI=1S/C16H24BrN3/c1-2-3-4-5-6-9-15-12-19-16(18)20(15)14-10-7-8-13(17)11-14/h7-8,10-11,15H,2-6,9,12H2,1H3,(H2,18,19). The summed E-state index contributed by atoms with van der Waals surface area (Å²) in [4.78, 5) is 6.61. The Hall–Kier alpha value is -1.03. The molecule has 1 atom stereocenters. The van der Waals surface area contributed by atoms with Gasteiger partial charge in [-0.25, -0.2) is 0 Å². The van der Waals surface area contributed by atoms with Gasteiger partial charge in [-0.1, -0.05) is 61.0 Å². The normalized spacial score (nSPS) is 18.4. The number of hydrogen-bond donors (Lipinski definition) is 1. The number of guanidine groups is 1. The Morgan fingerprint density at radius 2 is 2.10 bits per heavy atom. The number of anilines is 1. The molecule has 1 aliphatic heterocycles. The average molecular weight is 338 g/mol. The molecule has 0 bridgehead atoms. The van der Waals surface area contributed by atoms with Crippen molar-refractivity contribution in [2.45, 2.75) is 51.5 Å². The SMILES string of the molecule is CCCCCCCC1CN=C(N)N1c1cccc(Br)c1.